The highest BCUT2D eigenvalue weighted by Crippen LogP contribution is 2.37. The minimum atomic E-state index is -5.05. The third-order valence-corrected chi connectivity index (χ3v) is 5.84. The number of carbonyl (C=O) groups excluding carboxylic acids is 1. The van der Waals surface area contributed by atoms with Crippen molar-refractivity contribution in [3.63, 3.8) is 0 Å². The van der Waals surface area contributed by atoms with Crippen molar-refractivity contribution in [1.82, 2.24) is 20.2 Å². The number of hydrogen-bond acceptors (Lipinski definition) is 6. The predicted octanol–water partition coefficient (Wildman–Crippen LogP) is 6.05. The van der Waals surface area contributed by atoms with Crippen molar-refractivity contribution in [2.75, 3.05) is 0 Å². The number of alkyl halides is 6. The Hall–Kier alpha value is -3.42. The first-order valence-corrected chi connectivity index (χ1v) is 10.8. The number of aliphatic hydroxyl groups excluding tert-OH is 1. The van der Waals surface area contributed by atoms with Gasteiger partial charge in [0.15, 0.2) is 16.6 Å². The van der Waals surface area contributed by atoms with E-state index in [-0.39, 0.29) is 33.7 Å². The van der Waals surface area contributed by atoms with Gasteiger partial charge in [0.1, 0.15) is 12.3 Å². The molecule has 2 aromatic carbocycles. The minimum Gasteiger partial charge on any atom is -0.388 e. The molecule has 0 fully saturated rings. The van der Waals surface area contributed by atoms with Crippen LogP contribution in [0.4, 0.5) is 26.3 Å². The van der Waals surface area contributed by atoms with Gasteiger partial charge < -0.3 is 9.63 Å². The molecule has 0 saturated carbocycles. The minimum absolute atomic E-state index is 0.0139. The topological polar surface area (TPSA) is 94.0 Å². The lowest BCUT2D eigenvalue weighted by Gasteiger charge is -2.14. The maximum atomic E-state index is 13.3. The molecule has 2 aromatic heterocycles. The van der Waals surface area contributed by atoms with Crippen LogP contribution in [0.3, 0.4) is 0 Å². The van der Waals surface area contributed by atoms with E-state index >= 15 is 0 Å². The van der Waals surface area contributed by atoms with Gasteiger partial charge in [0.2, 0.25) is 5.78 Å². The molecule has 0 unspecified atom stereocenters. The van der Waals surface area contributed by atoms with Crippen LogP contribution in [0.5, 0.6) is 0 Å². The molecule has 0 saturated heterocycles. The summed E-state index contributed by atoms with van der Waals surface area (Å²) in [6.45, 7) is -1.41. The lowest BCUT2D eigenvalue weighted by atomic mass is 10.0. The molecule has 0 atom stereocenters. The summed E-state index contributed by atoms with van der Waals surface area (Å²) in [6, 6.07) is 7.29. The smallest absolute Gasteiger partial charge is 0.388 e. The number of nitrogens with zero attached hydrogens (tertiary/aromatic N) is 4. The molecule has 0 aliphatic heterocycles. The molecule has 0 aliphatic carbocycles. The average Bonchev–Trinajstić information content (AvgIpc) is 3.41. The van der Waals surface area contributed by atoms with Gasteiger partial charge in [-0.25, -0.2) is 4.68 Å². The molecular weight excluding hydrogens is 553 g/mol. The second kappa shape index (κ2) is 9.80. The number of hydrogen-bond donors (Lipinski definition) is 1. The average molecular weight is 565 g/mol. The Morgan fingerprint density at radius 1 is 1.00 bits per heavy atom. The molecule has 194 valence electrons. The van der Waals surface area contributed by atoms with Gasteiger partial charge >= 0.3 is 12.4 Å². The Morgan fingerprint density at radius 3 is 2.19 bits per heavy atom. The SMILES string of the molecule is O=C(c1nnn(Cc2cc(C(F)(F)F)cc(C(F)(F)F)c2)c1Cl)c1c(-c2ccccc2Cl)noc1CO. The van der Waals surface area contributed by atoms with Gasteiger partial charge in [-0.1, -0.05) is 51.8 Å². The van der Waals surface area contributed by atoms with Crippen LogP contribution >= 0.6 is 23.2 Å². The maximum absolute atomic E-state index is 13.3. The van der Waals surface area contributed by atoms with Crippen LogP contribution < -0.4 is 0 Å². The number of rotatable bonds is 6. The van der Waals surface area contributed by atoms with E-state index in [1.807, 2.05) is 0 Å². The van der Waals surface area contributed by atoms with Crippen LogP contribution in [0.15, 0.2) is 47.0 Å². The third kappa shape index (κ3) is 5.33. The number of carbonyl (C=O) groups is 1. The molecule has 0 spiro atoms. The lowest BCUT2D eigenvalue weighted by Crippen LogP contribution is -2.13. The first-order chi connectivity index (χ1) is 17.3. The molecule has 4 aromatic rings. The van der Waals surface area contributed by atoms with E-state index in [1.54, 1.807) is 12.1 Å². The molecule has 4 rings (SSSR count). The molecule has 2 heterocycles. The maximum Gasteiger partial charge on any atom is 0.416 e. The van der Waals surface area contributed by atoms with Crippen molar-refractivity contribution in [2.45, 2.75) is 25.5 Å². The van der Waals surface area contributed by atoms with Gasteiger partial charge in [-0.05, 0) is 29.8 Å². The number of aromatic nitrogens is 4. The van der Waals surface area contributed by atoms with Crippen LogP contribution in [0.25, 0.3) is 11.3 Å². The Bertz CT molecular complexity index is 1450. The fraction of sp³-hybridized carbons (Fsp3) is 0.182. The molecule has 15 heteroatoms. The number of halogens is 8. The zero-order valence-electron chi connectivity index (χ0n) is 18.0. The molecular formula is C22H12Cl2F6N4O3. The van der Waals surface area contributed by atoms with E-state index < -0.39 is 58.8 Å². The van der Waals surface area contributed by atoms with Gasteiger partial charge in [-0.3, -0.25) is 4.79 Å². The van der Waals surface area contributed by atoms with E-state index in [9.17, 15) is 36.2 Å². The van der Waals surface area contributed by atoms with Gasteiger partial charge in [-0.15, -0.1) is 5.10 Å². The van der Waals surface area contributed by atoms with Crippen LogP contribution in [0.2, 0.25) is 10.2 Å². The third-order valence-electron chi connectivity index (χ3n) is 5.13. The number of aliphatic hydroxyl groups is 1. The highest BCUT2D eigenvalue weighted by atomic mass is 35.5. The van der Waals surface area contributed by atoms with E-state index in [4.69, 9.17) is 27.7 Å². The largest absolute Gasteiger partial charge is 0.416 e. The summed E-state index contributed by atoms with van der Waals surface area (Å²) in [5, 5.41) is 20.4. The molecule has 37 heavy (non-hydrogen) atoms. The van der Waals surface area contributed by atoms with E-state index in [0.29, 0.717) is 12.1 Å². The van der Waals surface area contributed by atoms with Crippen LogP contribution in [0.1, 0.15) is 38.5 Å². The lowest BCUT2D eigenvalue weighted by molar-refractivity contribution is -0.143. The van der Waals surface area contributed by atoms with Crippen LogP contribution in [0, 0.1) is 0 Å². The zero-order valence-corrected chi connectivity index (χ0v) is 19.5. The van der Waals surface area contributed by atoms with Crippen molar-refractivity contribution in [3.05, 3.63) is 86.3 Å². The fourth-order valence-corrected chi connectivity index (χ4v) is 3.89. The van der Waals surface area contributed by atoms with Crippen molar-refractivity contribution in [3.8, 4) is 11.3 Å². The van der Waals surface area contributed by atoms with Gasteiger partial charge in [0.05, 0.1) is 28.3 Å². The molecule has 0 aliphatic rings. The first kappa shape index (κ1) is 26.6. The van der Waals surface area contributed by atoms with Gasteiger partial charge in [0.25, 0.3) is 0 Å². The van der Waals surface area contributed by atoms with E-state index in [2.05, 4.69) is 15.5 Å². The highest BCUT2D eigenvalue weighted by Gasteiger charge is 2.37. The number of ketones is 1. The predicted molar refractivity (Wildman–Crippen MR) is 117 cm³/mol. The zero-order chi connectivity index (χ0) is 27.1. The number of benzene rings is 2. The normalized spacial score (nSPS) is 12.2. The Balaban J connectivity index is 1.74. The Labute approximate surface area is 213 Å². The van der Waals surface area contributed by atoms with E-state index in [1.165, 1.54) is 12.1 Å². The Morgan fingerprint density at radius 2 is 1.62 bits per heavy atom. The summed E-state index contributed by atoms with van der Waals surface area (Å²) >= 11 is 12.4. The van der Waals surface area contributed by atoms with Crippen LogP contribution in [-0.4, -0.2) is 31.0 Å². The summed E-state index contributed by atoms with van der Waals surface area (Å²) < 4.78 is 84.9. The summed E-state index contributed by atoms with van der Waals surface area (Å²) in [4.78, 5) is 13.3. The Kier molecular flexibility index (Phi) is 7.06. The second-order valence-electron chi connectivity index (χ2n) is 7.60. The standard InChI is InChI=1S/C22H12Cl2F6N4O3/c23-14-4-2-1-3-13(14)17-16(15(9-35)37-32-17)19(36)18-20(24)34(33-31-18)8-10-5-11(21(25,26)27)7-12(6-10)22(28,29)30/h1-7,35H,8-9H2. The van der Waals surface area contributed by atoms with Crippen molar-refractivity contribution in [2.24, 2.45) is 0 Å². The molecule has 1 N–H and O–H groups in total. The van der Waals surface area contributed by atoms with Crippen molar-refractivity contribution >= 4 is 29.0 Å². The summed E-state index contributed by atoms with van der Waals surface area (Å²) in [5.74, 6) is -1.17. The molecule has 0 bridgehead atoms. The monoisotopic (exact) mass is 564 g/mol. The van der Waals surface area contributed by atoms with Gasteiger partial charge in [-0.2, -0.15) is 26.3 Å². The fourth-order valence-electron chi connectivity index (χ4n) is 3.45. The summed E-state index contributed by atoms with van der Waals surface area (Å²) in [6.07, 6.45) is -10.1. The molecule has 0 amide bonds. The van der Waals surface area contributed by atoms with Crippen molar-refractivity contribution < 1.29 is 40.8 Å². The van der Waals surface area contributed by atoms with Gasteiger partial charge in [0, 0.05) is 5.56 Å². The van der Waals surface area contributed by atoms with Crippen molar-refractivity contribution in [1.29, 1.82) is 0 Å². The summed E-state index contributed by atoms with van der Waals surface area (Å²) in [5.41, 5.74) is -4.00. The summed E-state index contributed by atoms with van der Waals surface area (Å²) in [7, 11) is 0. The molecule has 7 nitrogen and oxygen atoms in total. The first-order valence-electron chi connectivity index (χ1n) is 10.1. The van der Waals surface area contributed by atoms with Crippen LogP contribution in [-0.2, 0) is 25.5 Å². The second-order valence-corrected chi connectivity index (χ2v) is 8.36. The quantitative estimate of drug-likeness (QED) is 0.226. The highest BCUT2D eigenvalue weighted by molar-refractivity contribution is 6.35. The molecule has 0 radical (unpaired) electrons. The van der Waals surface area contributed by atoms with E-state index in [0.717, 1.165) is 4.68 Å².